The predicted octanol–water partition coefficient (Wildman–Crippen LogP) is 2.26. The smallest absolute Gasteiger partial charge is 0.321 e. The van der Waals surface area contributed by atoms with Crippen molar-refractivity contribution in [2.24, 2.45) is 0 Å². The van der Waals surface area contributed by atoms with Gasteiger partial charge in [0.2, 0.25) is 0 Å². The Kier molecular flexibility index (Phi) is 3.36. The van der Waals surface area contributed by atoms with E-state index in [1.54, 1.807) is 4.90 Å². The molecule has 2 heterocycles. The van der Waals surface area contributed by atoms with Crippen LogP contribution in [0.25, 0.3) is 10.9 Å². The van der Waals surface area contributed by atoms with Gasteiger partial charge < -0.3 is 19.9 Å². The van der Waals surface area contributed by atoms with E-state index < -0.39 is 0 Å². The number of anilines is 1. The maximum Gasteiger partial charge on any atom is 0.321 e. The third-order valence-corrected chi connectivity index (χ3v) is 3.82. The van der Waals surface area contributed by atoms with Crippen LogP contribution in [0.2, 0.25) is 0 Å². The molecule has 0 unspecified atom stereocenters. The molecule has 2 amide bonds. The minimum Gasteiger partial charge on any atom is -0.391 e. The summed E-state index contributed by atoms with van der Waals surface area (Å²) in [6, 6.07) is 7.84. The summed E-state index contributed by atoms with van der Waals surface area (Å²) in [5.74, 6) is 0. The van der Waals surface area contributed by atoms with Crippen molar-refractivity contribution in [2.75, 3.05) is 18.4 Å². The van der Waals surface area contributed by atoms with Crippen molar-refractivity contribution in [3.05, 3.63) is 30.5 Å². The van der Waals surface area contributed by atoms with Crippen molar-refractivity contribution in [3.63, 3.8) is 0 Å². The first kappa shape index (κ1) is 13.0. The maximum atomic E-state index is 12.1. The number of amides is 2. The molecule has 1 aliphatic rings. The van der Waals surface area contributed by atoms with Gasteiger partial charge in [0, 0.05) is 31.5 Å². The number of fused-ring (bicyclic) bond motifs is 1. The topological polar surface area (TPSA) is 57.5 Å². The summed E-state index contributed by atoms with van der Waals surface area (Å²) in [5, 5.41) is 13.5. The fourth-order valence-corrected chi connectivity index (χ4v) is 2.67. The minimum absolute atomic E-state index is 0.143. The lowest BCUT2D eigenvalue weighted by molar-refractivity contribution is 0.176. The van der Waals surface area contributed by atoms with Gasteiger partial charge in [-0.1, -0.05) is 6.07 Å². The van der Waals surface area contributed by atoms with E-state index in [4.69, 9.17) is 0 Å². The first-order chi connectivity index (χ1) is 9.67. The van der Waals surface area contributed by atoms with Crippen LogP contribution >= 0.6 is 0 Å². The summed E-state index contributed by atoms with van der Waals surface area (Å²) in [4.78, 5) is 13.7. The lowest BCUT2D eigenvalue weighted by Gasteiger charge is -2.16. The average Bonchev–Trinajstić information content (AvgIpc) is 3.04. The first-order valence-electron chi connectivity index (χ1n) is 7.00. The Morgan fingerprint density at radius 2 is 2.30 bits per heavy atom. The molecule has 106 valence electrons. The number of carbonyl (C=O) groups is 1. The van der Waals surface area contributed by atoms with Crippen LogP contribution in [0.3, 0.4) is 0 Å². The SMILES string of the molecule is CCn1ccc2ccc(NC(=O)N3CC[C@H](O)C3)cc21. The highest BCUT2D eigenvalue weighted by Crippen LogP contribution is 2.21. The number of aryl methyl sites for hydroxylation is 1. The number of aromatic nitrogens is 1. The Morgan fingerprint density at radius 3 is 3.00 bits per heavy atom. The average molecular weight is 273 g/mol. The zero-order valence-corrected chi connectivity index (χ0v) is 11.5. The number of hydrogen-bond acceptors (Lipinski definition) is 2. The minimum atomic E-state index is -0.388. The third kappa shape index (κ3) is 2.36. The molecule has 20 heavy (non-hydrogen) atoms. The lowest BCUT2D eigenvalue weighted by atomic mass is 10.2. The van der Waals surface area contributed by atoms with Crippen molar-refractivity contribution < 1.29 is 9.90 Å². The molecule has 1 aliphatic heterocycles. The molecule has 0 bridgehead atoms. The Hall–Kier alpha value is -2.01. The number of hydrogen-bond donors (Lipinski definition) is 2. The molecule has 1 saturated heterocycles. The highest BCUT2D eigenvalue weighted by Gasteiger charge is 2.24. The number of nitrogens with one attached hydrogen (secondary N) is 1. The quantitative estimate of drug-likeness (QED) is 0.881. The number of carbonyl (C=O) groups excluding carboxylic acids is 1. The molecule has 5 heteroatoms. The third-order valence-electron chi connectivity index (χ3n) is 3.82. The Bertz CT molecular complexity index is 635. The molecule has 0 spiro atoms. The molecule has 1 fully saturated rings. The van der Waals surface area contributed by atoms with Crippen LogP contribution in [-0.2, 0) is 6.54 Å². The number of benzene rings is 1. The van der Waals surface area contributed by atoms with Gasteiger partial charge in [0.15, 0.2) is 0 Å². The first-order valence-corrected chi connectivity index (χ1v) is 7.00. The van der Waals surface area contributed by atoms with Crippen molar-refractivity contribution in [1.29, 1.82) is 0 Å². The monoisotopic (exact) mass is 273 g/mol. The van der Waals surface area contributed by atoms with Gasteiger partial charge in [0.25, 0.3) is 0 Å². The number of aliphatic hydroxyl groups excluding tert-OH is 1. The van der Waals surface area contributed by atoms with Gasteiger partial charge in [-0.25, -0.2) is 4.79 Å². The van der Waals surface area contributed by atoms with E-state index in [2.05, 4.69) is 22.9 Å². The number of nitrogens with zero attached hydrogens (tertiary/aromatic N) is 2. The fraction of sp³-hybridized carbons (Fsp3) is 0.400. The van der Waals surface area contributed by atoms with E-state index in [1.807, 2.05) is 24.4 Å². The summed E-state index contributed by atoms with van der Waals surface area (Å²) in [6.07, 6.45) is 2.32. The molecule has 2 aromatic rings. The van der Waals surface area contributed by atoms with Gasteiger partial charge in [0.05, 0.1) is 11.6 Å². The molecular formula is C15H19N3O2. The molecule has 0 aliphatic carbocycles. The second-order valence-corrected chi connectivity index (χ2v) is 5.19. The molecule has 3 rings (SSSR count). The van der Waals surface area contributed by atoms with Crippen LogP contribution in [0.1, 0.15) is 13.3 Å². The summed E-state index contributed by atoms with van der Waals surface area (Å²) < 4.78 is 2.14. The van der Waals surface area contributed by atoms with Gasteiger partial charge in [-0.3, -0.25) is 0 Å². The van der Waals surface area contributed by atoms with E-state index >= 15 is 0 Å². The van der Waals surface area contributed by atoms with Gasteiger partial charge >= 0.3 is 6.03 Å². The second kappa shape index (κ2) is 5.17. The lowest BCUT2D eigenvalue weighted by Crippen LogP contribution is -2.33. The molecule has 2 N–H and O–H groups in total. The zero-order valence-electron chi connectivity index (χ0n) is 11.5. The highest BCUT2D eigenvalue weighted by atomic mass is 16.3. The van der Waals surface area contributed by atoms with Gasteiger partial charge in [-0.15, -0.1) is 0 Å². The zero-order chi connectivity index (χ0) is 14.1. The van der Waals surface area contributed by atoms with E-state index in [9.17, 15) is 9.90 Å². The highest BCUT2D eigenvalue weighted by molar-refractivity contribution is 5.93. The van der Waals surface area contributed by atoms with E-state index in [0.717, 1.165) is 17.7 Å². The van der Waals surface area contributed by atoms with Crippen LogP contribution in [-0.4, -0.2) is 39.8 Å². The van der Waals surface area contributed by atoms with Crippen molar-refractivity contribution in [2.45, 2.75) is 26.0 Å². The van der Waals surface area contributed by atoms with Crippen LogP contribution in [0.5, 0.6) is 0 Å². The van der Waals surface area contributed by atoms with Crippen molar-refractivity contribution >= 4 is 22.6 Å². The van der Waals surface area contributed by atoms with Gasteiger partial charge in [0.1, 0.15) is 0 Å². The summed E-state index contributed by atoms with van der Waals surface area (Å²) in [7, 11) is 0. The molecular weight excluding hydrogens is 254 g/mol. The number of likely N-dealkylation sites (tertiary alicyclic amines) is 1. The summed E-state index contributed by atoms with van der Waals surface area (Å²) in [6.45, 7) is 4.02. The van der Waals surface area contributed by atoms with Crippen LogP contribution < -0.4 is 5.32 Å². The van der Waals surface area contributed by atoms with E-state index in [1.165, 1.54) is 5.39 Å². The summed E-state index contributed by atoms with van der Waals surface area (Å²) in [5.41, 5.74) is 1.91. The van der Waals surface area contributed by atoms with E-state index in [-0.39, 0.29) is 12.1 Å². The van der Waals surface area contributed by atoms with Gasteiger partial charge in [-0.05, 0) is 36.9 Å². The molecule has 1 aromatic heterocycles. The number of urea groups is 1. The molecule has 1 aromatic carbocycles. The van der Waals surface area contributed by atoms with Crippen LogP contribution in [0, 0.1) is 0 Å². The predicted molar refractivity (Wildman–Crippen MR) is 78.8 cm³/mol. The number of β-amino-alcohol motifs (C(OH)–C–C–N with tert-alkyl or cyclic N) is 1. The Balaban J connectivity index is 1.78. The maximum absolute atomic E-state index is 12.1. The summed E-state index contributed by atoms with van der Waals surface area (Å²) >= 11 is 0. The number of rotatable bonds is 2. The molecule has 1 atom stereocenters. The van der Waals surface area contributed by atoms with Crippen molar-refractivity contribution in [1.82, 2.24) is 9.47 Å². The normalized spacial score (nSPS) is 18.7. The largest absolute Gasteiger partial charge is 0.391 e. The van der Waals surface area contributed by atoms with Gasteiger partial charge in [-0.2, -0.15) is 0 Å². The van der Waals surface area contributed by atoms with E-state index in [0.29, 0.717) is 19.5 Å². The van der Waals surface area contributed by atoms with Crippen LogP contribution in [0.15, 0.2) is 30.5 Å². The number of aliphatic hydroxyl groups is 1. The Morgan fingerprint density at radius 1 is 1.45 bits per heavy atom. The molecule has 0 radical (unpaired) electrons. The standard InChI is InChI=1S/C15H19N3O2/c1-2-17-7-5-11-3-4-12(9-14(11)17)16-15(20)18-8-6-13(19)10-18/h3-5,7,9,13,19H,2,6,8,10H2,1H3,(H,16,20)/t13-/m0/s1. The fourth-order valence-electron chi connectivity index (χ4n) is 2.67. The molecule has 0 saturated carbocycles. The van der Waals surface area contributed by atoms with Crippen LogP contribution in [0.4, 0.5) is 10.5 Å². The van der Waals surface area contributed by atoms with Crippen molar-refractivity contribution in [3.8, 4) is 0 Å². The second-order valence-electron chi connectivity index (χ2n) is 5.19. The Labute approximate surface area is 117 Å². The molecule has 5 nitrogen and oxygen atoms in total.